The van der Waals surface area contributed by atoms with Crippen molar-refractivity contribution in [2.24, 2.45) is 4.99 Å². The molecule has 0 aliphatic carbocycles. The average Bonchev–Trinajstić information content (AvgIpc) is 2.32. The SMILES string of the molecule is CC1=NC=C(NS(=O)(=O)c2ccccc2Cl)CC1. The number of aliphatic imine (C=N–C) groups is 1. The fourth-order valence-electron chi connectivity index (χ4n) is 1.60. The minimum absolute atomic E-state index is 0.0823. The maximum atomic E-state index is 12.1. The molecular weight excluding hydrogens is 272 g/mol. The summed E-state index contributed by atoms with van der Waals surface area (Å²) < 4.78 is 26.8. The van der Waals surface area contributed by atoms with Crippen LogP contribution in [0.15, 0.2) is 46.1 Å². The smallest absolute Gasteiger partial charge is 0.263 e. The highest BCUT2D eigenvalue weighted by atomic mass is 35.5. The van der Waals surface area contributed by atoms with Crippen LogP contribution < -0.4 is 4.72 Å². The first-order valence-electron chi connectivity index (χ1n) is 5.49. The van der Waals surface area contributed by atoms with Crippen LogP contribution in [-0.4, -0.2) is 14.1 Å². The molecule has 0 amide bonds. The van der Waals surface area contributed by atoms with Crippen molar-refractivity contribution in [3.05, 3.63) is 41.2 Å². The van der Waals surface area contributed by atoms with Crippen molar-refractivity contribution in [2.45, 2.75) is 24.7 Å². The highest BCUT2D eigenvalue weighted by Crippen LogP contribution is 2.22. The molecular formula is C12H13ClN2O2S. The van der Waals surface area contributed by atoms with E-state index >= 15 is 0 Å². The normalized spacial score (nSPS) is 15.9. The maximum Gasteiger partial charge on any atom is 0.263 e. The molecule has 0 atom stereocenters. The number of benzene rings is 1. The molecule has 0 saturated carbocycles. The zero-order valence-electron chi connectivity index (χ0n) is 9.85. The number of nitrogens with one attached hydrogen (secondary N) is 1. The molecule has 1 heterocycles. The standard InChI is InChI=1S/C12H13ClN2O2S/c1-9-6-7-10(8-14-9)15-18(16,17)12-5-3-2-4-11(12)13/h2-5,8,15H,6-7H2,1H3. The maximum absolute atomic E-state index is 12.1. The molecule has 1 N–H and O–H groups in total. The van der Waals surface area contributed by atoms with Gasteiger partial charge in [0.05, 0.1) is 5.02 Å². The van der Waals surface area contributed by atoms with E-state index in [-0.39, 0.29) is 9.92 Å². The summed E-state index contributed by atoms with van der Waals surface area (Å²) in [6.07, 6.45) is 2.95. The van der Waals surface area contributed by atoms with Crippen LogP contribution in [0.2, 0.25) is 5.02 Å². The second-order valence-corrected chi connectivity index (χ2v) is 6.11. The van der Waals surface area contributed by atoms with Crippen molar-refractivity contribution in [3.63, 3.8) is 0 Å². The van der Waals surface area contributed by atoms with E-state index in [9.17, 15) is 8.42 Å². The Labute approximate surface area is 111 Å². The second-order valence-electron chi connectivity index (χ2n) is 4.05. The molecule has 0 fully saturated rings. The Morgan fingerprint density at radius 2 is 2.00 bits per heavy atom. The van der Waals surface area contributed by atoms with Crippen LogP contribution in [0.4, 0.5) is 0 Å². The van der Waals surface area contributed by atoms with Gasteiger partial charge >= 0.3 is 0 Å². The van der Waals surface area contributed by atoms with Gasteiger partial charge in [-0.2, -0.15) is 0 Å². The van der Waals surface area contributed by atoms with Crippen molar-refractivity contribution in [1.82, 2.24) is 4.72 Å². The van der Waals surface area contributed by atoms with Crippen LogP contribution >= 0.6 is 11.6 Å². The van der Waals surface area contributed by atoms with Gasteiger partial charge in [-0.1, -0.05) is 23.7 Å². The minimum atomic E-state index is -3.63. The molecule has 1 aliphatic heterocycles. The van der Waals surface area contributed by atoms with Crippen molar-refractivity contribution in [1.29, 1.82) is 0 Å². The summed E-state index contributed by atoms with van der Waals surface area (Å²) in [6.45, 7) is 1.91. The van der Waals surface area contributed by atoms with Gasteiger partial charge in [0.15, 0.2) is 0 Å². The third-order valence-electron chi connectivity index (χ3n) is 2.59. The Balaban J connectivity index is 2.26. The third kappa shape index (κ3) is 2.91. The molecule has 2 rings (SSSR count). The summed E-state index contributed by atoms with van der Waals surface area (Å²) in [5, 5.41) is 0.209. The van der Waals surface area contributed by atoms with E-state index in [2.05, 4.69) is 9.71 Å². The zero-order chi connectivity index (χ0) is 13.2. The Morgan fingerprint density at radius 3 is 2.61 bits per heavy atom. The molecule has 6 heteroatoms. The first-order valence-corrected chi connectivity index (χ1v) is 7.35. The predicted molar refractivity (Wildman–Crippen MR) is 72.2 cm³/mol. The van der Waals surface area contributed by atoms with Gasteiger partial charge in [-0.15, -0.1) is 0 Å². The van der Waals surface area contributed by atoms with Crippen LogP contribution in [0.25, 0.3) is 0 Å². The van der Waals surface area contributed by atoms with Gasteiger partial charge in [-0.05, 0) is 31.9 Å². The van der Waals surface area contributed by atoms with Gasteiger partial charge in [-0.25, -0.2) is 8.42 Å². The Hall–Kier alpha value is -1.33. The third-order valence-corrected chi connectivity index (χ3v) is 4.50. The lowest BCUT2D eigenvalue weighted by molar-refractivity contribution is 0.587. The van der Waals surface area contributed by atoms with Crippen LogP contribution in [0, 0.1) is 0 Å². The first-order chi connectivity index (χ1) is 8.49. The van der Waals surface area contributed by atoms with Crippen LogP contribution in [0.5, 0.6) is 0 Å². The second kappa shape index (κ2) is 5.12. The first kappa shape index (κ1) is 13.1. The Kier molecular flexibility index (Phi) is 3.73. The molecule has 18 heavy (non-hydrogen) atoms. The van der Waals surface area contributed by atoms with E-state index in [0.717, 1.165) is 12.1 Å². The zero-order valence-corrected chi connectivity index (χ0v) is 11.4. The van der Waals surface area contributed by atoms with Crippen molar-refractivity contribution in [2.75, 3.05) is 0 Å². The number of halogens is 1. The summed E-state index contributed by atoms with van der Waals surface area (Å²) in [6, 6.07) is 6.35. The Morgan fingerprint density at radius 1 is 1.28 bits per heavy atom. The van der Waals surface area contributed by atoms with Gasteiger partial charge in [0.1, 0.15) is 4.90 Å². The van der Waals surface area contributed by atoms with E-state index in [4.69, 9.17) is 11.6 Å². The molecule has 1 aliphatic rings. The predicted octanol–water partition coefficient (Wildman–Crippen LogP) is 2.71. The number of hydrogen-bond acceptors (Lipinski definition) is 3. The highest BCUT2D eigenvalue weighted by Gasteiger charge is 2.19. The molecule has 0 radical (unpaired) electrons. The van der Waals surface area contributed by atoms with Crippen LogP contribution in [0.1, 0.15) is 19.8 Å². The molecule has 0 aromatic heterocycles. The summed E-state index contributed by atoms with van der Waals surface area (Å²) >= 11 is 5.88. The highest BCUT2D eigenvalue weighted by molar-refractivity contribution is 7.89. The molecule has 0 unspecified atom stereocenters. The number of rotatable bonds is 3. The number of allylic oxidation sites excluding steroid dienone is 1. The van der Waals surface area contributed by atoms with Gasteiger partial charge in [0, 0.05) is 17.6 Å². The van der Waals surface area contributed by atoms with Crippen molar-refractivity contribution < 1.29 is 8.42 Å². The fourth-order valence-corrected chi connectivity index (χ4v) is 3.23. The van der Waals surface area contributed by atoms with Gasteiger partial charge in [-0.3, -0.25) is 9.71 Å². The molecule has 1 aromatic rings. The Bertz CT molecular complexity index is 621. The van der Waals surface area contributed by atoms with Gasteiger partial charge in [0.25, 0.3) is 10.0 Å². The van der Waals surface area contributed by atoms with E-state index < -0.39 is 10.0 Å². The summed E-state index contributed by atoms with van der Waals surface area (Å²) in [7, 11) is -3.63. The lowest BCUT2D eigenvalue weighted by atomic mass is 10.1. The number of nitrogens with zero attached hydrogens (tertiary/aromatic N) is 1. The summed E-state index contributed by atoms with van der Waals surface area (Å²) in [4.78, 5) is 4.19. The molecule has 4 nitrogen and oxygen atoms in total. The average molecular weight is 285 g/mol. The van der Waals surface area contributed by atoms with Crippen molar-refractivity contribution >= 4 is 27.3 Å². The quantitative estimate of drug-likeness (QED) is 0.928. The molecule has 0 saturated heterocycles. The summed E-state index contributed by atoms with van der Waals surface area (Å²) in [5.74, 6) is 0. The number of hydrogen-bond donors (Lipinski definition) is 1. The van der Waals surface area contributed by atoms with E-state index in [0.29, 0.717) is 12.1 Å². The lowest BCUT2D eigenvalue weighted by Crippen LogP contribution is -2.24. The van der Waals surface area contributed by atoms with E-state index in [1.807, 2.05) is 6.92 Å². The van der Waals surface area contributed by atoms with Gasteiger partial charge < -0.3 is 0 Å². The largest absolute Gasteiger partial charge is 0.282 e. The molecule has 1 aromatic carbocycles. The number of sulfonamides is 1. The molecule has 0 bridgehead atoms. The lowest BCUT2D eigenvalue weighted by Gasteiger charge is -2.14. The van der Waals surface area contributed by atoms with Gasteiger partial charge in [0.2, 0.25) is 0 Å². The van der Waals surface area contributed by atoms with Crippen molar-refractivity contribution in [3.8, 4) is 0 Å². The van der Waals surface area contributed by atoms with Crippen LogP contribution in [0.3, 0.4) is 0 Å². The topological polar surface area (TPSA) is 58.5 Å². The summed E-state index contributed by atoms with van der Waals surface area (Å²) in [5.41, 5.74) is 1.58. The molecule has 96 valence electrons. The van der Waals surface area contributed by atoms with Crippen LogP contribution in [-0.2, 0) is 10.0 Å². The molecule has 0 spiro atoms. The fraction of sp³-hybridized carbons (Fsp3) is 0.250. The van der Waals surface area contributed by atoms with E-state index in [1.165, 1.54) is 6.07 Å². The monoisotopic (exact) mass is 284 g/mol. The van der Waals surface area contributed by atoms with E-state index in [1.54, 1.807) is 24.4 Å². The minimum Gasteiger partial charge on any atom is -0.282 e.